The summed E-state index contributed by atoms with van der Waals surface area (Å²) in [5.41, 5.74) is -0.348. The molecular formula is C14H25NO2. The molecule has 0 amide bonds. The molecule has 2 aliphatic rings. The molecule has 1 N–H and O–H groups in total. The lowest BCUT2D eigenvalue weighted by atomic mass is 9.72. The first-order valence-corrected chi connectivity index (χ1v) is 6.88. The molecule has 2 rings (SSSR count). The zero-order valence-electron chi connectivity index (χ0n) is 11.3. The summed E-state index contributed by atoms with van der Waals surface area (Å²) in [6, 6.07) is 0. The van der Waals surface area contributed by atoms with E-state index in [2.05, 4.69) is 5.32 Å². The molecule has 1 heterocycles. The van der Waals surface area contributed by atoms with Crippen LogP contribution in [0.5, 0.6) is 0 Å². The minimum Gasteiger partial charge on any atom is -0.460 e. The fourth-order valence-electron chi connectivity index (χ4n) is 3.33. The molecule has 1 aliphatic carbocycles. The van der Waals surface area contributed by atoms with E-state index in [0.29, 0.717) is 18.3 Å². The largest absolute Gasteiger partial charge is 0.460 e. The van der Waals surface area contributed by atoms with Crippen LogP contribution in [0.15, 0.2) is 0 Å². The molecule has 0 bridgehead atoms. The Morgan fingerprint density at radius 2 is 2.06 bits per heavy atom. The summed E-state index contributed by atoms with van der Waals surface area (Å²) in [6.45, 7) is 8.05. The molecule has 1 aliphatic heterocycles. The van der Waals surface area contributed by atoms with E-state index in [-0.39, 0.29) is 11.6 Å². The Morgan fingerprint density at radius 3 is 2.76 bits per heavy atom. The molecule has 0 aromatic rings. The van der Waals surface area contributed by atoms with Gasteiger partial charge in [0.2, 0.25) is 0 Å². The van der Waals surface area contributed by atoms with Gasteiger partial charge in [-0.2, -0.15) is 0 Å². The number of fused-ring (bicyclic) bond motifs is 1. The van der Waals surface area contributed by atoms with Gasteiger partial charge in [-0.3, -0.25) is 4.79 Å². The lowest BCUT2D eigenvalue weighted by Crippen LogP contribution is -2.31. The lowest BCUT2D eigenvalue weighted by Gasteiger charge is -2.33. The maximum atomic E-state index is 11.9. The van der Waals surface area contributed by atoms with Crippen molar-refractivity contribution in [1.29, 1.82) is 0 Å². The maximum Gasteiger partial charge on any atom is 0.306 e. The third kappa shape index (κ3) is 3.44. The summed E-state index contributed by atoms with van der Waals surface area (Å²) in [6.07, 6.45) is 4.42. The van der Waals surface area contributed by atoms with Crippen LogP contribution in [0.25, 0.3) is 0 Å². The number of nitrogens with one attached hydrogen (secondary N) is 1. The first kappa shape index (κ1) is 12.9. The highest BCUT2D eigenvalue weighted by molar-refractivity contribution is 5.70. The Kier molecular flexibility index (Phi) is 3.76. The Balaban J connectivity index is 1.87. The van der Waals surface area contributed by atoms with Crippen LogP contribution in [-0.2, 0) is 9.53 Å². The van der Waals surface area contributed by atoms with Gasteiger partial charge in [0, 0.05) is 6.42 Å². The third-order valence-corrected chi connectivity index (χ3v) is 4.00. The lowest BCUT2D eigenvalue weighted by molar-refractivity contribution is -0.156. The molecule has 3 nitrogen and oxygen atoms in total. The number of esters is 1. The van der Waals surface area contributed by atoms with Gasteiger partial charge in [-0.15, -0.1) is 0 Å². The van der Waals surface area contributed by atoms with Gasteiger partial charge in [0.25, 0.3) is 0 Å². The van der Waals surface area contributed by atoms with Crippen molar-refractivity contribution in [2.24, 2.45) is 17.8 Å². The van der Waals surface area contributed by atoms with Gasteiger partial charge in [-0.1, -0.05) is 6.42 Å². The predicted octanol–water partition coefficient (Wildman–Crippen LogP) is 2.35. The first-order chi connectivity index (χ1) is 7.96. The van der Waals surface area contributed by atoms with E-state index in [1.165, 1.54) is 19.3 Å². The Bertz CT molecular complexity index is 282. The van der Waals surface area contributed by atoms with Gasteiger partial charge < -0.3 is 10.1 Å². The molecule has 0 aromatic carbocycles. The minimum absolute atomic E-state index is 0.0185. The Hall–Kier alpha value is -0.570. The van der Waals surface area contributed by atoms with Crippen LogP contribution in [-0.4, -0.2) is 24.7 Å². The molecule has 0 aromatic heterocycles. The molecule has 0 spiro atoms. The fourth-order valence-corrected chi connectivity index (χ4v) is 3.33. The van der Waals surface area contributed by atoms with Crippen LogP contribution >= 0.6 is 0 Å². The zero-order chi connectivity index (χ0) is 12.5. The second-order valence-electron chi connectivity index (χ2n) is 6.56. The van der Waals surface area contributed by atoms with Crippen LogP contribution in [0.3, 0.4) is 0 Å². The molecule has 0 radical (unpaired) electrons. The number of carbonyl (C=O) groups excluding carboxylic acids is 1. The number of ether oxygens (including phenoxy) is 1. The van der Waals surface area contributed by atoms with Crippen molar-refractivity contribution in [3.63, 3.8) is 0 Å². The van der Waals surface area contributed by atoms with Crippen molar-refractivity contribution < 1.29 is 9.53 Å². The van der Waals surface area contributed by atoms with Crippen molar-refractivity contribution in [3.05, 3.63) is 0 Å². The van der Waals surface area contributed by atoms with Crippen molar-refractivity contribution >= 4 is 5.97 Å². The second-order valence-corrected chi connectivity index (χ2v) is 6.56. The van der Waals surface area contributed by atoms with Crippen LogP contribution in [0.1, 0.15) is 46.5 Å². The summed E-state index contributed by atoms with van der Waals surface area (Å²) in [7, 11) is 0. The first-order valence-electron chi connectivity index (χ1n) is 6.88. The summed E-state index contributed by atoms with van der Waals surface area (Å²) in [4.78, 5) is 11.9. The highest BCUT2D eigenvalue weighted by Gasteiger charge is 2.37. The summed E-state index contributed by atoms with van der Waals surface area (Å²) in [5.74, 6) is 2.03. The summed E-state index contributed by atoms with van der Waals surface area (Å²) < 4.78 is 5.43. The zero-order valence-corrected chi connectivity index (χ0v) is 11.3. The molecule has 3 atom stereocenters. The van der Waals surface area contributed by atoms with E-state index in [1.807, 2.05) is 20.8 Å². The number of hydrogen-bond acceptors (Lipinski definition) is 3. The molecule has 3 heteroatoms. The average molecular weight is 239 g/mol. The standard InChI is InChI=1S/C14H25NO2/c1-14(2,3)17-13(16)7-10-5-4-6-11-8-15-9-12(10)11/h10-12,15H,4-9H2,1-3H3. The normalized spacial score (nSPS) is 33.2. The summed E-state index contributed by atoms with van der Waals surface area (Å²) in [5, 5.41) is 3.46. The predicted molar refractivity (Wildman–Crippen MR) is 67.7 cm³/mol. The number of carbonyl (C=O) groups is 1. The van der Waals surface area contributed by atoms with E-state index in [9.17, 15) is 4.79 Å². The van der Waals surface area contributed by atoms with E-state index in [1.54, 1.807) is 0 Å². The van der Waals surface area contributed by atoms with Crippen molar-refractivity contribution in [2.75, 3.05) is 13.1 Å². The van der Waals surface area contributed by atoms with Gasteiger partial charge in [0.15, 0.2) is 0 Å². The molecule has 1 saturated carbocycles. The monoisotopic (exact) mass is 239 g/mol. The Morgan fingerprint density at radius 1 is 1.29 bits per heavy atom. The molecule has 17 heavy (non-hydrogen) atoms. The maximum absolute atomic E-state index is 11.9. The van der Waals surface area contributed by atoms with Crippen molar-refractivity contribution in [3.8, 4) is 0 Å². The topological polar surface area (TPSA) is 38.3 Å². The van der Waals surface area contributed by atoms with Gasteiger partial charge >= 0.3 is 5.97 Å². The molecule has 1 saturated heterocycles. The quantitative estimate of drug-likeness (QED) is 0.752. The van der Waals surface area contributed by atoms with Gasteiger partial charge in [0.1, 0.15) is 5.60 Å². The fraction of sp³-hybridized carbons (Fsp3) is 0.929. The van der Waals surface area contributed by atoms with Crippen molar-refractivity contribution in [2.45, 2.75) is 52.1 Å². The van der Waals surface area contributed by atoms with E-state index in [0.717, 1.165) is 19.0 Å². The minimum atomic E-state index is -0.348. The number of hydrogen-bond donors (Lipinski definition) is 1. The van der Waals surface area contributed by atoms with Crippen LogP contribution in [0.4, 0.5) is 0 Å². The van der Waals surface area contributed by atoms with Crippen molar-refractivity contribution in [1.82, 2.24) is 5.32 Å². The Labute approximate surface area is 104 Å². The SMILES string of the molecule is CC(C)(C)OC(=O)CC1CCCC2CNCC21. The summed E-state index contributed by atoms with van der Waals surface area (Å²) >= 11 is 0. The average Bonchev–Trinajstić information content (AvgIpc) is 2.63. The van der Waals surface area contributed by atoms with Gasteiger partial charge in [-0.25, -0.2) is 0 Å². The van der Waals surface area contributed by atoms with Gasteiger partial charge in [-0.05, 0) is 64.5 Å². The molecule has 2 fully saturated rings. The van der Waals surface area contributed by atoms with E-state index < -0.39 is 0 Å². The highest BCUT2D eigenvalue weighted by atomic mass is 16.6. The molecular weight excluding hydrogens is 214 g/mol. The highest BCUT2D eigenvalue weighted by Crippen LogP contribution is 2.39. The smallest absolute Gasteiger partial charge is 0.306 e. The molecule has 98 valence electrons. The van der Waals surface area contributed by atoms with E-state index >= 15 is 0 Å². The van der Waals surface area contributed by atoms with E-state index in [4.69, 9.17) is 4.74 Å². The van der Waals surface area contributed by atoms with Crippen LogP contribution in [0, 0.1) is 17.8 Å². The number of rotatable bonds is 2. The van der Waals surface area contributed by atoms with Gasteiger partial charge in [0.05, 0.1) is 0 Å². The van der Waals surface area contributed by atoms with Crippen LogP contribution in [0.2, 0.25) is 0 Å². The van der Waals surface area contributed by atoms with Crippen LogP contribution < -0.4 is 5.32 Å². The third-order valence-electron chi connectivity index (χ3n) is 4.00. The second kappa shape index (κ2) is 4.97. The molecule has 3 unspecified atom stereocenters.